The van der Waals surface area contributed by atoms with Crippen LogP contribution in [0, 0.1) is 0 Å². The van der Waals surface area contributed by atoms with Gasteiger partial charge < -0.3 is 15.0 Å². The molecular weight excluding hydrogens is 440 g/mol. The number of hydrogen-bond acceptors (Lipinski definition) is 5. The van der Waals surface area contributed by atoms with E-state index in [2.05, 4.69) is 21.3 Å². The van der Waals surface area contributed by atoms with Gasteiger partial charge >= 0.3 is 0 Å². The Morgan fingerprint density at radius 3 is 2.37 bits per heavy atom. The molecule has 0 radical (unpaired) electrons. The Bertz CT molecular complexity index is 1080. The molecule has 35 heavy (non-hydrogen) atoms. The average molecular weight is 473 g/mol. The molecule has 1 fully saturated rings. The van der Waals surface area contributed by atoms with Crippen molar-refractivity contribution < 1.29 is 14.3 Å². The number of carbonyl (C=O) groups excluding carboxylic acids is 2. The molecule has 1 saturated heterocycles. The van der Waals surface area contributed by atoms with E-state index in [0.29, 0.717) is 24.4 Å². The normalized spacial score (nSPS) is 14.8. The predicted molar refractivity (Wildman–Crippen MR) is 135 cm³/mol. The molecule has 1 atom stereocenters. The number of aromatic nitrogens is 1. The minimum Gasteiger partial charge on any atom is -0.497 e. The third kappa shape index (κ3) is 6.67. The van der Waals surface area contributed by atoms with Crippen LogP contribution in [0.4, 0.5) is 0 Å². The zero-order valence-electron chi connectivity index (χ0n) is 20.1. The first kappa shape index (κ1) is 24.4. The number of hydrogen-bond donors (Lipinski definition) is 1. The van der Waals surface area contributed by atoms with Crippen molar-refractivity contribution in [3.8, 4) is 5.75 Å². The van der Waals surface area contributed by atoms with E-state index in [4.69, 9.17) is 4.74 Å². The van der Waals surface area contributed by atoms with Gasteiger partial charge in [-0.3, -0.25) is 19.5 Å². The number of rotatable bonds is 9. The van der Waals surface area contributed by atoms with Crippen LogP contribution in [-0.2, 0) is 11.2 Å². The van der Waals surface area contributed by atoms with Crippen LogP contribution in [0.25, 0.3) is 0 Å². The summed E-state index contributed by atoms with van der Waals surface area (Å²) in [5.74, 6) is 0.313. The number of methoxy groups -OCH3 is 1. The van der Waals surface area contributed by atoms with Crippen LogP contribution in [-0.4, -0.2) is 66.4 Å². The third-order valence-electron chi connectivity index (χ3n) is 6.35. The largest absolute Gasteiger partial charge is 0.497 e. The van der Waals surface area contributed by atoms with Crippen molar-refractivity contribution in [2.45, 2.75) is 18.9 Å². The molecular formula is C28H32N4O3. The highest BCUT2D eigenvalue weighted by molar-refractivity contribution is 5.98. The standard InChI is InChI=1S/C28H32N4O3/c1-35-25-13-11-24(12-14-25)27(33)30-26(23-9-3-2-4-10-23)28(34)32-19-17-31(18-20-32)16-6-8-22-7-5-15-29-21-22/h2-5,7,9-15,21,26H,6,8,16-20H2,1H3,(H,30,33)/t26-/m1/s1. The highest BCUT2D eigenvalue weighted by Gasteiger charge is 2.30. The topological polar surface area (TPSA) is 74.8 Å². The number of nitrogens with zero attached hydrogens (tertiary/aromatic N) is 3. The second kappa shape index (κ2) is 12.1. The summed E-state index contributed by atoms with van der Waals surface area (Å²) in [5, 5.41) is 2.96. The summed E-state index contributed by atoms with van der Waals surface area (Å²) in [6.07, 6.45) is 5.77. The minimum atomic E-state index is -0.733. The number of amides is 2. The SMILES string of the molecule is COc1ccc(C(=O)N[C@@H](C(=O)N2CCN(CCCc3cccnc3)CC2)c2ccccc2)cc1. The fraction of sp³-hybridized carbons (Fsp3) is 0.321. The van der Waals surface area contributed by atoms with Gasteiger partial charge in [-0.15, -0.1) is 0 Å². The molecule has 2 amide bonds. The molecule has 1 aliphatic heterocycles. The third-order valence-corrected chi connectivity index (χ3v) is 6.35. The molecule has 182 valence electrons. The van der Waals surface area contributed by atoms with Gasteiger partial charge in [0.15, 0.2) is 0 Å². The highest BCUT2D eigenvalue weighted by Crippen LogP contribution is 2.19. The van der Waals surface area contributed by atoms with Crippen LogP contribution in [0.5, 0.6) is 5.75 Å². The molecule has 7 nitrogen and oxygen atoms in total. The molecule has 0 saturated carbocycles. The Kier molecular flexibility index (Phi) is 8.46. The van der Waals surface area contributed by atoms with Crippen molar-refractivity contribution in [1.82, 2.24) is 20.1 Å². The second-order valence-corrected chi connectivity index (χ2v) is 8.68. The summed E-state index contributed by atoms with van der Waals surface area (Å²) in [5.41, 5.74) is 2.51. The van der Waals surface area contributed by atoms with Gasteiger partial charge in [0.1, 0.15) is 11.8 Å². The summed E-state index contributed by atoms with van der Waals surface area (Å²) < 4.78 is 5.17. The first-order valence-corrected chi connectivity index (χ1v) is 12.0. The predicted octanol–water partition coefficient (Wildman–Crippen LogP) is 3.34. The number of piperazine rings is 1. The lowest BCUT2D eigenvalue weighted by Gasteiger charge is -2.36. The number of aryl methyl sites for hydroxylation is 1. The molecule has 7 heteroatoms. The monoisotopic (exact) mass is 472 g/mol. The summed E-state index contributed by atoms with van der Waals surface area (Å²) in [4.78, 5) is 34.9. The number of benzene rings is 2. The van der Waals surface area contributed by atoms with Crippen LogP contribution in [0.1, 0.15) is 33.9 Å². The smallest absolute Gasteiger partial charge is 0.252 e. The second-order valence-electron chi connectivity index (χ2n) is 8.68. The van der Waals surface area contributed by atoms with E-state index < -0.39 is 6.04 Å². The number of ether oxygens (including phenoxy) is 1. The molecule has 0 spiro atoms. The van der Waals surface area contributed by atoms with Crippen LogP contribution < -0.4 is 10.1 Å². The van der Waals surface area contributed by atoms with E-state index in [1.807, 2.05) is 47.5 Å². The summed E-state index contributed by atoms with van der Waals surface area (Å²) in [6.45, 7) is 3.94. The molecule has 0 unspecified atom stereocenters. The van der Waals surface area contributed by atoms with Gasteiger partial charge in [0.25, 0.3) is 5.91 Å². The molecule has 2 heterocycles. The molecule has 1 aliphatic rings. The van der Waals surface area contributed by atoms with E-state index in [0.717, 1.165) is 38.0 Å². The molecule has 4 rings (SSSR count). The summed E-state index contributed by atoms with van der Waals surface area (Å²) in [7, 11) is 1.58. The molecule has 0 aliphatic carbocycles. The van der Waals surface area contributed by atoms with Crippen molar-refractivity contribution >= 4 is 11.8 Å². The number of pyridine rings is 1. The lowest BCUT2D eigenvalue weighted by molar-refractivity contribution is -0.135. The van der Waals surface area contributed by atoms with Crippen molar-refractivity contribution in [2.75, 3.05) is 39.8 Å². The fourth-order valence-corrected chi connectivity index (χ4v) is 4.32. The van der Waals surface area contributed by atoms with Crippen LogP contribution >= 0.6 is 0 Å². The number of nitrogens with one attached hydrogen (secondary N) is 1. The van der Waals surface area contributed by atoms with Crippen LogP contribution in [0.2, 0.25) is 0 Å². The maximum absolute atomic E-state index is 13.5. The quantitative estimate of drug-likeness (QED) is 0.517. The van der Waals surface area contributed by atoms with E-state index in [9.17, 15) is 9.59 Å². The van der Waals surface area contributed by atoms with E-state index in [1.54, 1.807) is 37.6 Å². The minimum absolute atomic E-state index is 0.0759. The molecule has 1 N–H and O–H groups in total. The van der Waals surface area contributed by atoms with Gasteiger partial charge in [0.05, 0.1) is 7.11 Å². The Morgan fingerprint density at radius 1 is 0.971 bits per heavy atom. The molecule has 1 aromatic heterocycles. The lowest BCUT2D eigenvalue weighted by Crippen LogP contribution is -2.52. The molecule has 0 bridgehead atoms. The van der Waals surface area contributed by atoms with Crippen molar-refractivity contribution in [3.63, 3.8) is 0 Å². The van der Waals surface area contributed by atoms with Gasteiger partial charge in [0, 0.05) is 44.1 Å². The Labute approximate surface area is 206 Å². The fourth-order valence-electron chi connectivity index (χ4n) is 4.32. The van der Waals surface area contributed by atoms with E-state index >= 15 is 0 Å². The zero-order valence-corrected chi connectivity index (χ0v) is 20.1. The lowest BCUT2D eigenvalue weighted by atomic mass is 10.0. The van der Waals surface area contributed by atoms with Crippen molar-refractivity contribution in [3.05, 3.63) is 95.8 Å². The van der Waals surface area contributed by atoms with Crippen LogP contribution in [0.15, 0.2) is 79.1 Å². The maximum atomic E-state index is 13.5. The zero-order chi connectivity index (χ0) is 24.5. The number of carbonyl (C=O) groups is 2. The van der Waals surface area contributed by atoms with Gasteiger partial charge in [-0.1, -0.05) is 36.4 Å². The highest BCUT2D eigenvalue weighted by atomic mass is 16.5. The summed E-state index contributed by atoms with van der Waals surface area (Å²) in [6, 6.07) is 19.6. The molecule has 2 aromatic carbocycles. The average Bonchev–Trinajstić information content (AvgIpc) is 2.93. The Hall–Kier alpha value is -3.71. The van der Waals surface area contributed by atoms with Gasteiger partial charge in [-0.2, -0.15) is 0 Å². The summed E-state index contributed by atoms with van der Waals surface area (Å²) >= 11 is 0. The van der Waals surface area contributed by atoms with Crippen molar-refractivity contribution in [1.29, 1.82) is 0 Å². The van der Waals surface area contributed by atoms with Gasteiger partial charge in [-0.05, 0) is 60.8 Å². The van der Waals surface area contributed by atoms with Gasteiger partial charge in [-0.25, -0.2) is 0 Å². The first-order valence-electron chi connectivity index (χ1n) is 12.0. The maximum Gasteiger partial charge on any atom is 0.252 e. The van der Waals surface area contributed by atoms with Crippen molar-refractivity contribution in [2.24, 2.45) is 0 Å². The van der Waals surface area contributed by atoms with Crippen LogP contribution in [0.3, 0.4) is 0 Å². The van der Waals surface area contributed by atoms with E-state index in [1.165, 1.54) is 5.56 Å². The Balaban J connectivity index is 1.35. The van der Waals surface area contributed by atoms with Gasteiger partial charge in [0.2, 0.25) is 5.91 Å². The van der Waals surface area contributed by atoms with E-state index in [-0.39, 0.29) is 11.8 Å². The molecule has 3 aromatic rings. The first-order chi connectivity index (χ1) is 17.1. The Morgan fingerprint density at radius 2 is 1.71 bits per heavy atom.